The van der Waals surface area contributed by atoms with Gasteiger partial charge < -0.3 is 14.2 Å². The maximum Gasteiger partial charge on any atom is 0.325 e. The van der Waals surface area contributed by atoms with Crippen molar-refractivity contribution in [1.82, 2.24) is 9.47 Å². The van der Waals surface area contributed by atoms with Crippen LogP contribution in [0.15, 0.2) is 23.2 Å². The van der Waals surface area contributed by atoms with Crippen LogP contribution >= 0.6 is 11.3 Å². The van der Waals surface area contributed by atoms with Gasteiger partial charge in [0.1, 0.15) is 23.9 Å². The molecule has 0 aliphatic carbocycles. The Bertz CT molecular complexity index is 1210. The summed E-state index contributed by atoms with van der Waals surface area (Å²) in [5.74, 6) is -3.83. The van der Waals surface area contributed by atoms with Gasteiger partial charge in [0.2, 0.25) is 5.91 Å². The lowest BCUT2D eigenvalue weighted by molar-refractivity contribution is -0.141. The summed E-state index contributed by atoms with van der Waals surface area (Å²) in [6.07, 6.45) is 1.62. The fourth-order valence-electron chi connectivity index (χ4n) is 3.39. The van der Waals surface area contributed by atoms with Crippen LogP contribution in [0.4, 0.5) is 4.39 Å². The maximum absolute atomic E-state index is 13.6. The number of piperidine rings is 1. The minimum absolute atomic E-state index is 0.0348. The molecule has 0 unspecified atom stereocenters. The topological polar surface area (TPSA) is 115 Å². The third-order valence-electron chi connectivity index (χ3n) is 5.20. The average molecular weight is 486 g/mol. The van der Waals surface area contributed by atoms with Crippen LogP contribution in [0.3, 0.4) is 0 Å². The van der Waals surface area contributed by atoms with Crippen molar-refractivity contribution in [3.05, 3.63) is 28.8 Å². The fraction of sp³-hybridized carbons (Fsp3) is 0.500. The smallest absolute Gasteiger partial charge is 0.325 e. The normalized spacial score (nSPS) is 15.8. The van der Waals surface area contributed by atoms with E-state index in [0.29, 0.717) is 29.2 Å². The first kappa shape index (κ1) is 24.1. The molecule has 0 spiro atoms. The number of amides is 2. The summed E-state index contributed by atoms with van der Waals surface area (Å²) in [5, 5.41) is 0. The Balaban J connectivity index is 1.80. The number of thiazole rings is 1. The number of hydrogen-bond donors (Lipinski definition) is 0. The van der Waals surface area contributed by atoms with Crippen molar-refractivity contribution in [2.24, 2.45) is 10.9 Å². The number of halogens is 1. The molecule has 2 amide bonds. The molecule has 1 aliphatic rings. The van der Waals surface area contributed by atoms with E-state index in [-0.39, 0.29) is 11.3 Å². The second kappa shape index (κ2) is 9.90. The van der Waals surface area contributed by atoms with Crippen molar-refractivity contribution in [2.75, 3.05) is 31.7 Å². The number of ether oxygens (including phenoxy) is 1. The molecule has 2 aromatic rings. The second-order valence-corrected chi connectivity index (χ2v) is 10.8. The number of aromatic nitrogens is 1. The summed E-state index contributed by atoms with van der Waals surface area (Å²) in [6, 6.07) is 3.86. The number of sulfone groups is 1. The van der Waals surface area contributed by atoms with Crippen molar-refractivity contribution in [3.8, 4) is 0 Å². The molecule has 1 saturated heterocycles. The van der Waals surface area contributed by atoms with E-state index >= 15 is 0 Å². The first-order valence-electron chi connectivity index (χ1n) is 9.99. The van der Waals surface area contributed by atoms with Crippen molar-refractivity contribution in [3.63, 3.8) is 0 Å². The first-order valence-corrected chi connectivity index (χ1v) is 12.6. The number of rotatable bonds is 6. The molecule has 1 aromatic heterocycles. The molecule has 1 fully saturated rings. The predicted octanol–water partition coefficient (Wildman–Crippen LogP) is 1.12. The highest BCUT2D eigenvalue weighted by Crippen LogP contribution is 2.19. The van der Waals surface area contributed by atoms with Gasteiger partial charge >= 0.3 is 5.97 Å². The lowest BCUT2D eigenvalue weighted by Crippen LogP contribution is -2.41. The number of esters is 1. The van der Waals surface area contributed by atoms with Crippen molar-refractivity contribution in [2.45, 2.75) is 26.3 Å². The van der Waals surface area contributed by atoms with E-state index in [1.54, 1.807) is 0 Å². The van der Waals surface area contributed by atoms with Gasteiger partial charge in [-0.05, 0) is 37.0 Å². The van der Waals surface area contributed by atoms with Crippen LogP contribution in [0, 0.1) is 11.7 Å². The van der Waals surface area contributed by atoms with E-state index in [1.807, 2.05) is 0 Å². The summed E-state index contributed by atoms with van der Waals surface area (Å²) >= 11 is 0.939. The zero-order valence-corrected chi connectivity index (χ0v) is 19.4. The largest absolute Gasteiger partial charge is 0.468 e. The summed E-state index contributed by atoms with van der Waals surface area (Å²) in [7, 11) is -2.83. The Hall–Kier alpha value is -2.60. The van der Waals surface area contributed by atoms with Gasteiger partial charge in [-0.25, -0.2) is 12.8 Å². The Labute approximate surface area is 188 Å². The minimum atomic E-state index is -4.03. The van der Waals surface area contributed by atoms with Gasteiger partial charge in [0.15, 0.2) is 14.6 Å². The van der Waals surface area contributed by atoms with Crippen molar-refractivity contribution < 1.29 is 31.9 Å². The zero-order chi connectivity index (χ0) is 23.5. The number of hydrogen-bond acceptors (Lipinski definition) is 7. The van der Waals surface area contributed by atoms with Crippen LogP contribution in [0.5, 0.6) is 0 Å². The number of methoxy groups -OCH3 is 1. The monoisotopic (exact) mass is 485 g/mol. The van der Waals surface area contributed by atoms with Crippen LogP contribution in [0.1, 0.15) is 19.8 Å². The molecule has 0 N–H and O–H groups in total. The van der Waals surface area contributed by atoms with E-state index < -0.39 is 44.9 Å². The number of nitrogens with zero attached hydrogens (tertiary/aromatic N) is 3. The zero-order valence-electron chi connectivity index (χ0n) is 17.7. The quantitative estimate of drug-likeness (QED) is 0.567. The Morgan fingerprint density at radius 3 is 2.56 bits per heavy atom. The molecule has 1 aromatic carbocycles. The molecule has 1 aliphatic heterocycles. The van der Waals surface area contributed by atoms with E-state index in [1.165, 1.54) is 34.8 Å². The van der Waals surface area contributed by atoms with Gasteiger partial charge in [-0.3, -0.25) is 14.4 Å². The molecular formula is C20H24FN3O6S2. The van der Waals surface area contributed by atoms with Gasteiger partial charge in [0.05, 0.1) is 17.3 Å². The van der Waals surface area contributed by atoms with Gasteiger partial charge in [-0.1, -0.05) is 18.3 Å². The predicted molar refractivity (Wildman–Crippen MR) is 116 cm³/mol. The lowest BCUT2D eigenvalue weighted by Gasteiger charge is -2.30. The fourth-order valence-corrected chi connectivity index (χ4v) is 5.57. The first-order chi connectivity index (χ1) is 15.1. The Morgan fingerprint density at radius 2 is 1.91 bits per heavy atom. The second-order valence-electron chi connectivity index (χ2n) is 7.76. The standard InChI is InChI=1S/C20H24FN3O6S2/c1-13-5-7-23(8-6-13)18(26)12-32(28,29)11-17(25)22-20-24(10-19(27)30-2)15-4-3-14(21)9-16(15)31-20/h3-4,9,13H,5-8,10-12H2,1-2H3. The molecule has 0 atom stereocenters. The summed E-state index contributed by atoms with van der Waals surface area (Å²) < 4.78 is 44.9. The molecule has 0 radical (unpaired) electrons. The highest BCUT2D eigenvalue weighted by Gasteiger charge is 2.26. The Kier molecular flexibility index (Phi) is 7.44. The molecule has 12 heteroatoms. The summed E-state index contributed by atoms with van der Waals surface area (Å²) in [6.45, 7) is 2.79. The number of benzene rings is 1. The highest BCUT2D eigenvalue weighted by atomic mass is 32.2. The average Bonchev–Trinajstić information content (AvgIpc) is 3.03. The molecule has 9 nitrogen and oxygen atoms in total. The Morgan fingerprint density at radius 1 is 1.22 bits per heavy atom. The summed E-state index contributed by atoms with van der Waals surface area (Å²) in [5.41, 5.74) is 0.450. The van der Waals surface area contributed by atoms with Gasteiger partial charge in [-0.15, -0.1) is 0 Å². The third kappa shape index (κ3) is 6.00. The molecule has 3 rings (SSSR count). The van der Waals surface area contributed by atoms with Crippen molar-refractivity contribution in [1.29, 1.82) is 0 Å². The number of fused-ring (bicyclic) bond motifs is 1. The molecule has 32 heavy (non-hydrogen) atoms. The van der Waals surface area contributed by atoms with E-state index in [2.05, 4.69) is 16.7 Å². The molecule has 174 valence electrons. The van der Waals surface area contributed by atoms with Crippen LogP contribution in [0.2, 0.25) is 0 Å². The summed E-state index contributed by atoms with van der Waals surface area (Å²) in [4.78, 5) is 41.9. The van der Waals surface area contributed by atoms with Gasteiger partial charge in [-0.2, -0.15) is 4.99 Å². The molecule has 0 saturated carbocycles. The van der Waals surface area contributed by atoms with Gasteiger partial charge in [0.25, 0.3) is 5.91 Å². The van der Waals surface area contributed by atoms with Crippen LogP contribution < -0.4 is 4.80 Å². The van der Waals surface area contributed by atoms with E-state index in [4.69, 9.17) is 0 Å². The van der Waals surface area contributed by atoms with Gasteiger partial charge in [0, 0.05) is 13.1 Å². The number of carbonyl (C=O) groups excluding carboxylic acids is 3. The van der Waals surface area contributed by atoms with Crippen LogP contribution in [0.25, 0.3) is 10.2 Å². The lowest BCUT2D eigenvalue weighted by atomic mass is 9.99. The third-order valence-corrected chi connectivity index (χ3v) is 7.62. The highest BCUT2D eigenvalue weighted by molar-refractivity contribution is 7.92. The maximum atomic E-state index is 13.6. The number of carbonyl (C=O) groups is 3. The molecule has 0 bridgehead atoms. The number of likely N-dealkylation sites (tertiary alicyclic amines) is 1. The van der Waals surface area contributed by atoms with Crippen LogP contribution in [-0.2, 0) is 35.5 Å². The van der Waals surface area contributed by atoms with Crippen LogP contribution in [-0.4, -0.2) is 67.4 Å². The van der Waals surface area contributed by atoms with Crippen molar-refractivity contribution >= 4 is 49.2 Å². The minimum Gasteiger partial charge on any atom is -0.468 e. The molecule has 2 heterocycles. The van der Waals surface area contributed by atoms with E-state index in [0.717, 1.165) is 24.2 Å². The SMILES string of the molecule is COC(=O)Cn1c(=NC(=O)CS(=O)(=O)CC(=O)N2CCC(C)CC2)sc2cc(F)ccc21. The molecular weight excluding hydrogens is 461 g/mol. The van der Waals surface area contributed by atoms with E-state index in [9.17, 15) is 27.2 Å².